The standard InChI is InChI=1S/C10H15N3O2/c1-2-3-13-5-7(9(11)14)4-8(6-13)10(12)15/h4-5H,2-3,6H2,1H3,(H2,11,14)(H2,12,15). The fraction of sp³-hybridized carbons (Fsp3) is 0.400. The molecule has 0 saturated carbocycles. The van der Waals surface area contributed by atoms with Gasteiger partial charge in [0.2, 0.25) is 11.8 Å². The van der Waals surface area contributed by atoms with Gasteiger partial charge in [-0.25, -0.2) is 0 Å². The van der Waals surface area contributed by atoms with Crippen LogP contribution < -0.4 is 11.5 Å². The van der Waals surface area contributed by atoms with E-state index in [1.807, 2.05) is 11.8 Å². The molecular formula is C10H15N3O2. The monoisotopic (exact) mass is 209 g/mol. The van der Waals surface area contributed by atoms with Crippen molar-refractivity contribution >= 4 is 11.8 Å². The van der Waals surface area contributed by atoms with Crippen LogP contribution in [0.15, 0.2) is 23.4 Å². The molecule has 0 atom stereocenters. The van der Waals surface area contributed by atoms with Gasteiger partial charge in [0.15, 0.2) is 0 Å². The van der Waals surface area contributed by atoms with E-state index in [-0.39, 0.29) is 0 Å². The lowest BCUT2D eigenvalue weighted by atomic mass is 10.1. The molecule has 0 unspecified atom stereocenters. The molecule has 0 aliphatic carbocycles. The van der Waals surface area contributed by atoms with Gasteiger partial charge in [-0.1, -0.05) is 6.92 Å². The molecule has 1 aliphatic rings. The maximum Gasteiger partial charge on any atom is 0.250 e. The van der Waals surface area contributed by atoms with Crippen LogP contribution in [0.2, 0.25) is 0 Å². The van der Waals surface area contributed by atoms with Crippen LogP contribution >= 0.6 is 0 Å². The van der Waals surface area contributed by atoms with Gasteiger partial charge in [-0.15, -0.1) is 0 Å². The average molecular weight is 209 g/mol. The molecule has 5 heteroatoms. The molecule has 15 heavy (non-hydrogen) atoms. The van der Waals surface area contributed by atoms with Crippen LogP contribution in [0, 0.1) is 0 Å². The first-order chi connectivity index (χ1) is 7.04. The van der Waals surface area contributed by atoms with Crippen LogP contribution in [0.4, 0.5) is 0 Å². The molecular weight excluding hydrogens is 194 g/mol. The molecule has 1 heterocycles. The molecule has 5 nitrogen and oxygen atoms in total. The summed E-state index contributed by atoms with van der Waals surface area (Å²) >= 11 is 0. The van der Waals surface area contributed by atoms with Crippen molar-refractivity contribution < 1.29 is 9.59 Å². The summed E-state index contributed by atoms with van der Waals surface area (Å²) in [5.41, 5.74) is 11.1. The SMILES string of the molecule is CCCN1C=C(C(N)=O)C=C(C(N)=O)C1. The summed E-state index contributed by atoms with van der Waals surface area (Å²) in [6.07, 6.45) is 4.05. The highest BCUT2D eigenvalue weighted by molar-refractivity contribution is 6.00. The molecule has 0 radical (unpaired) electrons. The highest BCUT2D eigenvalue weighted by atomic mass is 16.1. The molecule has 0 aromatic rings. The van der Waals surface area contributed by atoms with Crippen molar-refractivity contribution in [3.05, 3.63) is 23.4 Å². The van der Waals surface area contributed by atoms with Crippen molar-refractivity contribution in [2.24, 2.45) is 11.5 Å². The van der Waals surface area contributed by atoms with E-state index < -0.39 is 11.8 Å². The Morgan fingerprint density at radius 3 is 2.53 bits per heavy atom. The Morgan fingerprint density at radius 2 is 2.07 bits per heavy atom. The molecule has 1 rings (SSSR count). The predicted octanol–water partition coefficient (Wildman–Crippen LogP) is -0.507. The highest BCUT2D eigenvalue weighted by Crippen LogP contribution is 2.13. The Balaban J connectivity index is 2.91. The number of amides is 2. The Hall–Kier alpha value is -1.78. The van der Waals surface area contributed by atoms with E-state index in [0.717, 1.165) is 13.0 Å². The van der Waals surface area contributed by atoms with Crippen molar-refractivity contribution in [2.75, 3.05) is 13.1 Å². The Labute approximate surface area is 88.4 Å². The number of carbonyl (C=O) groups is 2. The number of rotatable bonds is 4. The third-order valence-electron chi connectivity index (χ3n) is 2.14. The number of primary amides is 2. The highest BCUT2D eigenvalue weighted by Gasteiger charge is 2.17. The molecule has 0 aromatic heterocycles. The first-order valence-corrected chi connectivity index (χ1v) is 4.80. The number of hydrogen-bond donors (Lipinski definition) is 2. The van der Waals surface area contributed by atoms with Gasteiger partial charge in [0, 0.05) is 24.9 Å². The fourth-order valence-corrected chi connectivity index (χ4v) is 1.45. The van der Waals surface area contributed by atoms with Gasteiger partial charge in [-0.05, 0) is 12.5 Å². The van der Waals surface area contributed by atoms with Crippen molar-refractivity contribution in [2.45, 2.75) is 13.3 Å². The van der Waals surface area contributed by atoms with Crippen LogP contribution in [0.25, 0.3) is 0 Å². The summed E-state index contributed by atoms with van der Waals surface area (Å²) in [6, 6.07) is 0. The predicted molar refractivity (Wildman–Crippen MR) is 56.4 cm³/mol. The first-order valence-electron chi connectivity index (χ1n) is 4.80. The lowest BCUT2D eigenvalue weighted by molar-refractivity contribution is -0.114. The molecule has 0 aromatic carbocycles. The third-order valence-corrected chi connectivity index (χ3v) is 2.14. The minimum Gasteiger partial charge on any atom is -0.372 e. The smallest absolute Gasteiger partial charge is 0.250 e. The van der Waals surface area contributed by atoms with Gasteiger partial charge in [0.05, 0.1) is 5.57 Å². The number of carbonyl (C=O) groups excluding carboxylic acids is 2. The fourth-order valence-electron chi connectivity index (χ4n) is 1.45. The molecule has 0 fully saturated rings. The summed E-state index contributed by atoms with van der Waals surface area (Å²) in [5.74, 6) is -1.06. The second-order valence-corrected chi connectivity index (χ2v) is 3.45. The van der Waals surface area contributed by atoms with E-state index in [2.05, 4.69) is 0 Å². The quantitative estimate of drug-likeness (QED) is 0.653. The zero-order chi connectivity index (χ0) is 11.4. The van der Waals surface area contributed by atoms with Crippen LogP contribution in [0.5, 0.6) is 0 Å². The zero-order valence-electron chi connectivity index (χ0n) is 8.69. The summed E-state index contributed by atoms with van der Waals surface area (Å²) < 4.78 is 0. The summed E-state index contributed by atoms with van der Waals surface area (Å²) in [6.45, 7) is 3.22. The van der Waals surface area contributed by atoms with Gasteiger partial charge in [0.1, 0.15) is 0 Å². The zero-order valence-corrected chi connectivity index (χ0v) is 8.69. The van der Waals surface area contributed by atoms with Gasteiger partial charge < -0.3 is 16.4 Å². The lowest BCUT2D eigenvalue weighted by Crippen LogP contribution is -2.32. The normalized spacial score (nSPS) is 15.7. The molecule has 82 valence electrons. The summed E-state index contributed by atoms with van der Waals surface area (Å²) in [7, 11) is 0. The van der Waals surface area contributed by atoms with E-state index >= 15 is 0 Å². The maximum absolute atomic E-state index is 11.0. The molecule has 4 N–H and O–H groups in total. The Morgan fingerprint density at radius 1 is 1.40 bits per heavy atom. The molecule has 2 amide bonds. The van der Waals surface area contributed by atoms with E-state index in [1.54, 1.807) is 6.20 Å². The van der Waals surface area contributed by atoms with E-state index in [1.165, 1.54) is 6.08 Å². The average Bonchev–Trinajstić information content (AvgIpc) is 2.17. The Bertz CT molecular complexity index is 345. The topological polar surface area (TPSA) is 89.4 Å². The van der Waals surface area contributed by atoms with Crippen molar-refractivity contribution in [3.63, 3.8) is 0 Å². The van der Waals surface area contributed by atoms with Gasteiger partial charge in [-0.3, -0.25) is 9.59 Å². The molecule has 0 bridgehead atoms. The van der Waals surface area contributed by atoms with Crippen LogP contribution in [-0.4, -0.2) is 29.8 Å². The number of nitrogens with zero attached hydrogens (tertiary/aromatic N) is 1. The second-order valence-electron chi connectivity index (χ2n) is 3.45. The summed E-state index contributed by atoms with van der Waals surface area (Å²) in [5, 5.41) is 0. The van der Waals surface area contributed by atoms with E-state index in [4.69, 9.17) is 11.5 Å². The number of hydrogen-bond acceptors (Lipinski definition) is 3. The van der Waals surface area contributed by atoms with Crippen molar-refractivity contribution in [3.8, 4) is 0 Å². The van der Waals surface area contributed by atoms with Gasteiger partial charge >= 0.3 is 0 Å². The van der Waals surface area contributed by atoms with E-state index in [0.29, 0.717) is 17.7 Å². The van der Waals surface area contributed by atoms with Crippen molar-refractivity contribution in [1.82, 2.24) is 4.90 Å². The van der Waals surface area contributed by atoms with Gasteiger partial charge in [0.25, 0.3) is 0 Å². The summed E-state index contributed by atoms with van der Waals surface area (Å²) in [4.78, 5) is 23.9. The Kier molecular flexibility index (Phi) is 3.49. The molecule has 1 aliphatic heterocycles. The second kappa shape index (κ2) is 4.63. The number of nitrogens with two attached hydrogens (primary N) is 2. The molecule has 0 saturated heterocycles. The first kappa shape index (κ1) is 11.3. The molecule has 0 spiro atoms. The van der Waals surface area contributed by atoms with Crippen LogP contribution in [0.3, 0.4) is 0 Å². The third kappa shape index (κ3) is 2.83. The minimum atomic E-state index is -0.547. The maximum atomic E-state index is 11.0. The largest absolute Gasteiger partial charge is 0.372 e. The lowest BCUT2D eigenvalue weighted by Gasteiger charge is -2.24. The van der Waals surface area contributed by atoms with E-state index in [9.17, 15) is 9.59 Å². The van der Waals surface area contributed by atoms with Crippen LogP contribution in [-0.2, 0) is 9.59 Å². The van der Waals surface area contributed by atoms with Crippen LogP contribution in [0.1, 0.15) is 13.3 Å². The van der Waals surface area contributed by atoms with Gasteiger partial charge in [-0.2, -0.15) is 0 Å². The van der Waals surface area contributed by atoms with Crippen molar-refractivity contribution in [1.29, 1.82) is 0 Å². The minimum absolute atomic E-state index is 0.323.